The number of ether oxygens (including phenoxy) is 2. The maximum absolute atomic E-state index is 5.68. The molecule has 0 saturated heterocycles. The highest BCUT2D eigenvalue weighted by molar-refractivity contribution is 5.87. The fourth-order valence-electron chi connectivity index (χ4n) is 1.82. The van der Waals surface area contributed by atoms with Crippen LogP contribution in [0.15, 0.2) is 30.3 Å². The van der Waals surface area contributed by atoms with Gasteiger partial charge in [0, 0.05) is 19.0 Å². The number of pyridine rings is 1. The van der Waals surface area contributed by atoms with Crippen molar-refractivity contribution >= 4 is 10.8 Å². The van der Waals surface area contributed by atoms with E-state index < -0.39 is 0 Å². The van der Waals surface area contributed by atoms with E-state index in [9.17, 15) is 0 Å². The molecule has 0 amide bonds. The first-order valence-corrected chi connectivity index (χ1v) is 6.00. The van der Waals surface area contributed by atoms with Gasteiger partial charge < -0.3 is 14.8 Å². The maximum Gasteiger partial charge on any atom is 0.221 e. The van der Waals surface area contributed by atoms with Gasteiger partial charge >= 0.3 is 0 Å². The van der Waals surface area contributed by atoms with E-state index in [0.717, 1.165) is 23.0 Å². The van der Waals surface area contributed by atoms with Crippen LogP contribution in [-0.2, 0) is 11.3 Å². The summed E-state index contributed by atoms with van der Waals surface area (Å²) >= 11 is 0. The second kappa shape index (κ2) is 6.33. The lowest BCUT2D eigenvalue weighted by Gasteiger charge is -2.10. The Bertz CT molecular complexity index is 514. The summed E-state index contributed by atoms with van der Waals surface area (Å²) in [5.41, 5.74) is 0.976. The van der Waals surface area contributed by atoms with Crippen molar-refractivity contribution in [1.82, 2.24) is 10.3 Å². The number of benzene rings is 1. The molecule has 4 nitrogen and oxygen atoms in total. The summed E-state index contributed by atoms with van der Waals surface area (Å²) < 4.78 is 10.7. The first-order chi connectivity index (χ1) is 8.85. The van der Waals surface area contributed by atoms with Crippen molar-refractivity contribution in [3.8, 4) is 5.88 Å². The smallest absolute Gasteiger partial charge is 0.221 e. The van der Waals surface area contributed by atoms with Crippen molar-refractivity contribution in [3.63, 3.8) is 0 Å². The highest BCUT2D eigenvalue weighted by Gasteiger charge is 2.06. The lowest BCUT2D eigenvalue weighted by atomic mass is 10.1. The minimum Gasteiger partial charge on any atom is -0.475 e. The lowest BCUT2D eigenvalue weighted by molar-refractivity contribution is 0.144. The van der Waals surface area contributed by atoms with Crippen LogP contribution in [0, 0.1) is 0 Å². The standard InChI is InChI=1S/C14H18N2O2/c1-15-10-12-9-11-5-3-4-6-13(11)14(16-12)18-8-7-17-2/h3-6,9,15H,7-8,10H2,1-2H3. The van der Waals surface area contributed by atoms with Gasteiger partial charge in [-0.1, -0.05) is 18.2 Å². The zero-order chi connectivity index (χ0) is 12.8. The Labute approximate surface area is 107 Å². The van der Waals surface area contributed by atoms with Gasteiger partial charge in [-0.15, -0.1) is 0 Å². The van der Waals surface area contributed by atoms with E-state index in [-0.39, 0.29) is 0 Å². The monoisotopic (exact) mass is 246 g/mol. The van der Waals surface area contributed by atoms with Crippen LogP contribution in [0.25, 0.3) is 10.8 Å². The van der Waals surface area contributed by atoms with Crippen LogP contribution in [0.2, 0.25) is 0 Å². The number of nitrogens with zero attached hydrogens (tertiary/aromatic N) is 1. The minimum absolute atomic E-state index is 0.510. The highest BCUT2D eigenvalue weighted by Crippen LogP contribution is 2.24. The Kier molecular flexibility index (Phi) is 4.50. The predicted octanol–water partition coefficient (Wildman–Crippen LogP) is 1.98. The lowest BCUT2D eigenvalue weighted by Crippen LogP contribution is -2.10. The number of aromatic nitrogens is 1. The normalized spacial score (nSPS) is 10.8. The summed E-state index contributed by atoms with van der Waals surface area (Å²) in [7, 11) is 3.56. The second-order valence-corrected chi connectivity index (χ2v) is 4.01. The average molecular weight is 246 g/mol. The van der Waals surface area contributed by atoms with Crippen LogP contribution >= 0.6 is 0 Å². The molecule has 18 heavy (non-hydrogen) atoms. The predicted molar refractivity (Wildman–Crippen MR) is 71.9 cm³/mol. The first-order valence-electron chi connectivity index (χ1n) is 6.00. The van der Waals surface area contributed by atoms with Crippen molar-refractivity contribution in [2.45, 2.75) is 6.54 Å². The van der Waals surface area contributed by atoms with E-state index >= 15 is 0 Å². The molecule has 96 valence electrons. The Morgan fingerprint density at radius 2 is 2.06 bits per heavy atom. The number of rotatable bonds is 6. The molecule has 0 spiro atoms. The van der Waals surface area contributed by atoms with Gasteiger partial charge in [0.25, 0.3) is 0 Å². The van der Waals surface area contributed by atoms with Crippen molar-refractivity contribution in [2.24, 2.45) is 0 Å². The Balaban J connectivity index is 2.34. The van der Waals surface area contributed by atoms with E-state index in [1.165, 1.54) is 0 Å². The maximum atomic E-state index is 5.68. The van der Waals surface area contributed by atoms with Gasteiger partial charge in [-0.3, -0.25) is 0 Å². The second-order valence-electron chi connectivity index (χ2n) is 4.01. The molecule has 0 bridgehead atoms. The van der Waals surface area contributed by atoms with Crippen molar-refractivity contribution < 1.29 is 9.47 Å². The summed E-state index contributed by atoms with van der Waals surface area (Å²) in [5.74, 6) is 0.676. The van der Waals surface area contributed by atoms with Gasteiger partial charge in [-0.2, -0.15) is 0 Å². The minimum atomic E-state index is 0.510. The fourth-order valence-corrected chi connectivity index (χ4v) is 1.82. The van der Waals surface area contributed by atoms with Crippen molar-refractivity contribution in [1.29, 1.82) is 0 Å². The van der Waals surface area contributed by atoms with Crippen LogP contribution in [0.5, 0.6) is 5.88 Å². The van der Waals surface area contributed by atoms with E-state index in [2.05, 4.69) is 22.4 Å². The Hall–Kier alpha value is -1.65. The van der Waals surface area contributed by atoms with Gasteiger partial charge in [-0.05, 0) is 24.6 Å². The molecule has 1 aromatic carbocycles. The first kappa shape index (κ1) is 12.8. The summed E-state index contributed by atoms with van der Waals surface area (Å²) in [4.78, 5) is 4.52. The van der Waals surface area contributed by atoms with Gasteiger partial charge in [0.05, 0.1) is 12.3 Å². The van der Waals surface area contributed by atoms with Crippen LogP contribution in [0.3, 0.4) is 0 Å². The molecule has 2 aromatic rings. The number of hydrogen-bond donors (Lipinski definition) is 1. The molecule has 0 saturated carbocycles. The molecular weight excluding hydrogens is 228 g/mol. The molecule has 1 aromatic heterocycles. The van der Waals surface area contributed by atoms with Gasteiger partial charge in [0.15, 0.2) is 0 Å². The molecule has 0 aliphatic heterocycles. The number of methoxy groups -OCH3 is 1. The summed E-state index contributed by atoms with van der Waals surface area (Å²) in [5, 5.41) is 5.28. The zero-order valence-corrected chi connectivity index (χ0v) is 10.8. The molecule has 2 rings (SSSR count). The van der Waals surface area contributed by atoms with Crippen molar-refractivity contribution in [2.75, 3.05) is 27.4 Å². The third-order valence-electron chi connectivity index (χ3n) is 2.64. The number of nitrogens with one attached hydrogen (secondary N) is 1. The molecule has 0 atom stereocenters. The molecule has 0 radical (unpaired) electrons. The molecule has 1 N–H and O–H groups in total. The van der Waals surface area contributed by atoms with E-state index in [4.69, 9.17) is 9.47 Å². The molecule has 0 unspecified atom stereocenters. The largest absolute Gasteiger partial charge is 0.475 e. The van der Waals surface area contributed by atoms with Crippen LogP contribution in [0.4, 0.5) is 0 Å². The zero-order valence-electron chi connectivity index (χ0n) is 10.8. The molecule has 0 aliphatic carbocycles. The third-order valence-corrected chi connectivity index (χ3v) is 2.64. The fraction of sp³-hybridized carbons (Fsp3) is 0.357. The van der Waals surface area contributed by atoms with E-state index in [0.29, 0.717) is 19.1 Å². The summed E-state index contributed by atoms with van der Waals surface area (Å²) in [6, 6.07) is 10.2. The summed E-state index contributed by atoms with van der Waals surface area (Å²) in [6.07, 6.45) is 0. The Morgan fingerprint density at radius 1 is 1.22 bits per heavy atom. The van der Waals surface area contributed by atoms with E-state index in [1.54, 1.807) is 7.11 Å². The summed E-state index contributed by atoms with van der Waals surface area (Å²) in [6.45, 7) is 1.80. The molecule has 1 heterocycles. The number of hydrogen-bond acceptors (Lipinski definition) is 4. The molecule has 0 fully saturated rings. The highest BCUT2D eigenvalue weighted by atomic mass is 16.5. The molecular formula is C14H18N2O2. The molecule has 4 heteroatoms. The van der Waals surface area contributed by atoms with Gasteiger partial charge in [-0.25, -0.2) is 4.98 Å². The van der Waals surface area contributed by atoms with Crippen molar-refractivity contribution in [3.05, 3.63) is 36.0 Å². The van der Waals surface area contributed by atoms with E-state index in [1.807, 2.05) is 25.2 Å². The van der Waals surface area contributed by atoms with Gasteiger partial charge in [0.2, 0.25) is 5.88 Å². The van der Waals surface area contributed by atoms with Crippen LogP contribution in [-0.4, -0.2) is 32.4 Å². The molecule has 0 aliphatic rings. The quantitative estimate of drug-likeness (QED) is 0.791. The average Bonchev–Trinajstić information content (AvgIpc) is 2.39. The Morgan fingerprint density at radius 3 is 2.83 bits per heavy atom. The number of fused-ring (bicyclic) bond motifs is 1. The van der Waals surface area contributed by atoms with Gasteiger partial charge in [0.1, 0.15) is 6.61 Å². The SMILES string of the molecule is CNCc1cc2ccccc2c(OCCOC)n1. The van der Waals surface area contributed by atoms with Crippen LogP contribution < -0.4 is 10.1 Å². The topological polar surface area (TPSA) is 43.4 Å². The third kappa shape index (κ3) is 2.97. The van der Waals surface area contributed by atoms with Crippen LogP contribution in [0.1, 0.15) is 5.69 Å².